The summed E-state index contributed by atoms with van der Waals surface area (Å²) in [4.78, 5) is 27.9. The van der Waals surface area contributed by atoms with E-state index in [-0.39, 0.29) is 25.7 Å². The van der Waals surface area contributed by atoms with Gasteiger partial charge in [0.1, 0.15) is 0 Å². The van der Waals surface area contributed by atoms with Gasteiger partial charge in [-0.3, -0.25) is 9.69 Å². The van der Waals surface area contributed by atoms with Gasteiger partial charge < -0.3 is 10.6 Å². The van der Waals surface area contributed by atoms with Crippen LogP contribution in [0.15, 0.2) is 46.9 Å². The molecule has 1 saturated heterocycles. The van der Waals surface area contributed by atoms with E-state index in [0.29, 0.717) is 15.7 Å². The minimum absolute atomic E-state index is 0.198. The molecular weight excluding hydrogens is 441 g/mol. The lowest BCUT2D eigenvalue weighted by Crippen LogP contribution is -2.56. The monoisotopic (exact) mass is 455 g/mol. The van der Waals surface area contributed by atoms with Gasteiger partial charge in [0.2, 0.25) is 5.91 Å². The van der Waals surface area contributed by atoms with Crippen LogP contribution in [-0.2, 0) is 11.3 Å². The Bertz CT molecular complexity index is 845. The molecule has 3 amide bonds. The van der Waals surface area contributed by atoms with Gasteiger partial charge in [-0.05, 0) is 42.0 Å². The second-order valence-corrected chi connectivity index (χ2v) is 7.84. The SMILES string of the molecule is NC(=O)C1CN(Cc2ccc(Cl)cc2Cl)C(=O)N(c2ccc(Br)cc2)C1. The molecule has 8 heteroatoms. The summed E-state index contributed by atoms with van der Waals surface area (Å²) in [7, 11) is 0. The summed E-state index contributed by atoms with van der Waals surface area (Å²) in [5, 5.41) is 0.997. The number of hydrogen-bond donors (Lipinski definition) is 1. The zero-order valence-corrected chi connectivity index (χ0v) is 16.8. The molecule has 0 aromatic heterocycles. The van der Waals surface area contributed by atoms with Crippen LogP contribution in [0.5, 0.6) is 0 Å². The van der Waals surface area contributed by atoms with E-state index in [1.807, 2.05) is 24.3 Å². The minimum atomic E-state index is -0.470. The van der Waals surface area contributed by atoms with Crippen molar-refractivity contribution in [1.29, 1.82) is 0 Å². The lowest BCUT2D eigenvalue weighted by Gasteiger charge is -2.39. The predicted molar refractivity (Wildman–Crippen MR) is 106 cm³/mol. The van der Waals surface area contributed by atoms with Gasteiger partial charge in [-0.25, -0.2) is 4.79 Å². The molecule has 1 unspecified atom stereocenters. The number of hydrogen-bond acceptors (Lipinski definition) is 2. The van der Waals surface area contributed by atoms with Gasteiger partial charge in [0.25, 0.3) is 0 Å². The number of nitrogens with zero attached hydrogens (tertiary/aromatic N) is 2. The molecule has 2 N–H and O–H groups in total. The van der Waals surface area contributed by atoms with Gasteiger partial charge in [-0.15, -0.1) is 0 Å². The van der Waals surface area contributed by atoms with Crippen LogP contribution in [-0.4, -0.2) is 29.9 Å². The van der Waals surface area contributed by atoms with Crippen LogP contribution in [0.4, 0.5) is 10.5 Å². The van der Waals surface area contributed by atoms with Crippen LogP contribution in [0.25, 0.3) is 0 Å². The molecule has 2 aromatic rings. The quantitative estimate of drug-likeness (QED) is 0.745. The number of anilines is 1. The van der Waals surface area contributed by atoms with Crippen LogP contribution < -0.4 is 10.6 Å². The smallest absolute Gasteiger partial charge is 0.324 e. The second kappa shape index (κ2) is 7.86. The van der Waals surface area contributed by atoms with Crippen molar-refractivity contribution in [1.82, 2.24) is 4.90 Å². The first-order valence-corrected chi connectivity index (χ1v) is 9.45. The predicted octanol–water partition coefficient (Wildman–Crippen LogP) is 4.30. The molecule has 136 valence electrons. The number of benzene rings is 2. The molecule has 1 aliphatic rings. The zero-order chi connectivity index (χ0) is 18.8. The van der Waals surface area contributed by atoms with Crippen molar-refractivity contribution in [3.63, 3.8) is 0 Å². The fourth-order valence-corrected chi connectivity index (χ4v) is 3.61. The van der Waals surface area contributed by atoms with E-state index < -0.39 is 11.8 Å². The lowest BCUT2D eigenvalue weighted by molar-refractivity contribution is -0.122. The van der Waals surface area contributed by atoms with Crippen molar-refractivity contribution in [2.45, 2.75) is 6.54 Å². The maximum Gasteiger partial charge on any atom is 0.324 e. The molecule has 2 aromatic carbocycles. The maximum atomic E-state index is 13.0. The number of halogens is 3. The van der Waals surface area contributed by atoms with E-state index in [1.54, 1.807) is 28.0 Å². The number of carbonyl (C=O) groups is 2. The van der Waals surface area contributed by atoms with Crippen molar-refractivity contribution in [2.75, 3.05) is 18.0 Å². The van der Waals surface area contributed by atoms with E-state index >= 15 is 0 Å². The Morgan fingerprint density at radius 1 is 1.15 bits per heavy atom. The van der Waals surface area contributed by atoms with E-state index in [0.717, 1.165) is 10.0 Å². The van der Waals surface area contributed by atoms with E-state index in [9.17, 15) is 9.59 Å². The van der Waals surface area contributed by atoms with Crippen LogP contribution in [0.2, 0.25) is 10.0 Å². The Hall–Kier alpha value is -1.76. The number of amides is 3. The number of rotatable bonds is 4. The zero-order valence-electron chi connectivity index (χ0n) is 13.7. The first-order chi connectivity index (χ1) is 12.3. The van der Waals surface area contributed by atoms with E-state index in [1.165, 1.54) is 0 Å². The minimum Gasteiger partial charge on any atom is -0.369 e. The summed E-state index contributed by atoms with van der Waals surface area (Å²) in [5.41, 5.74) is 6.99. The summed E-state index contributed by atoms with van der Waals surface area (Å²) in [5.74, 6) is -0.908. The molecule has 1 atom stereocenters. The maximum absolute atomic E-state index is 13.0. The number of primary amides is 1. The highest BCUT2D eigenvalue weighted by molar-refractivity contribution is 9.10. The molecular formula is C18H16BrCl2N3O2. The Morgan fingerprint density at radius 2 is 1.85 bits per heavy atom. The van der Waals surface area contributed by atoms with Crippen molar-refractivity contribution in [2.24, 2.45) is 11.7 Å². The van der Waals surface area contributed by atoms with Crippen LogP contribution >= 0.6 is 39.1 Å². The molecule has 1 aliphatic heterocycles. The van der Waals surface area contributed by atoms with E-state index in [4.69, 9.17) is 28.9 Å². The standard InChI is InChI=1S/C18H16BrCl2N3O2/c19-13-2-5-15(6-3-13)24-10-12(17(22)25)9-23(18(24)26)8-11-1-4-14(20)7-16(11)21/h1-7,12H,8-10H2,(H2,22,25). The second-order valence-electron chi connectivity index (χ2n) is 6.09. The largest absolute Gasteiger partial charge is 0.369 e. The van der Waals surface area contributed by atoms with Crippen LogP contribution in [0, 0.1) is 5.92 Å². The highest BCUT2D eigenvalue weighted by atomic mass is 79.9. The molecule has 1 heterocycles. The third-order valence-corrected chi connectivity index (χ3v) is 5.38. The van der Waals surface area contributed by atoms with Crippen molar-refractivity contribution < 1.29 is 9.59 Å². The van der Waals surface area contributed by atoms with Crippen LogP contribution in [0.3, 0.4) is 0 Å². The Labute approximate surface area is 169 Å². The van der Waals surface area contributed by atoms with E-state index in [2.05, 4.69) is 15.9 Å². The highest BCUT2D eigenvalue weighted by Gasteiger charge is 2.35. The Morgan fingerprint density at radius 3 is 2.46 bits per heavy atom. The van der Waals surface area contributed by atoms with Gasteiger partial charge in [0.05, 0.1) is 5.92 Å². The third kappa shape index (κ3) is 4.14. The molecule has 0 aliphatic carbocycles. The lowest BCUT2D eigenvalue weighted by atomic mass is 10.0. The molecule has 0 spiro atoms. The van der Waals surface area contributed by atoms with Crippen molar-refractivity contribution >= 4 is 56.8 Å². The first-order valence-electron chi connectivity index (χ1n) is 7.90. The third-order valence-electron chi connectivity index (χ3n) is 4.26. The van der Waals surface area contributed by atoms with Gasteiger partial charge in [-0.2, -0.15) is 0 Å². The summed E-state index contributed by atoms with van der Waals surface area (Å²) in [6.07, 6.45) is 0. The average molecular weight is 457 g/mol. The summed E-state index contributed by atoms with van der Waals surface area (Å²) >= 11 is 15.5. The topological polar surface area (TPSA) is 66.6 Å². The normalized spacial score (nSPS) is 17.5. The summed E-state index contributed by atoms with van der Waals surface area (Å²) < 4.78 is 0.905. The first kappa shape index (κ1) is 19.0. The van der Waals surface area contributed by atoms with Crippen molar-refractivity contribution in [3.8, 4) is 0 Å². The highest BCUT2D eigenvalue weighted by Crippen LogP contribution is 2.28. The molecule has 0 radical (unpaired) electrons. The Balaban J connectivity index is 1.89. The molecule has 0 bridgehead atoms. The van der Waals surface area contributed by atoms with Crippen LogP contribution in [0.1, 0.15) is 5.56 Å². The molecule has 0 saturated carbocycles. The summed E-state index contributed by atoms with van der Waals surface area (Å²) in [6.45, 7) is 0.770. The fraction of sp³-hybridized carbons (Fsp3) is 0.222. The van der Waals surface area contributed by atoms with Crippen molar-refractivity contribution in [3.05, 3.63) is 62.5 Å². The molecule has 5 nitrogen and oxygen atoms in total. The summed E-state index contributed by atoms with van der Waals surface area (Å²) in [6, 6.07) is 12.2. The van der Waals surface area contributed by atoms with Gasteiger partial charge in [0.15, 0.2) is 0 Å². The number of nitrogens with two attached hydrogens (primary N) is 1. The van der Waals surface area contributed by atoms with Gasteiger partial charge in [-0.1, -0.05) is 45.2 Å². The Kier molecular flexibility index (Phi) is 5.75. The number of carbonyl (C=O) groups excluding carboxylic acids is 2. The molecule has 26 heavy (non-hydrogen) atoms. The van der Waals surface area contributed by atoms with Gasteiger partial charge in [0, 0.05) is 39.8 Å². The fourth-order valence-electron chi connectivity index (χ4n) is 2.88. The number of urea groups is 1. The molecule has 1 fully saturated rings. The average Bonchev–Trinajstić information content (AvgIpc) is 2.59. The molecule has 3 rings (SSSR count). The van der Waals surface area contributed by atoms with Gasteiger partial charge >= 0.3 is 6.03 Å².